The van der Waals surface area contributed by atoms with Crippen molar-refractivity contribution in [1.29, 1.82) is 0 Å². The Morgan fingerprint density at radius 3 is 0.755 bits per heavy atom. The van der Waals surface area contributed by atoms with Crippen molar-refractivity contribution in [3.05, 3.63) is 0 Å². The molecule has 0 aromatic heterocycles. The third kappa shape index (κ3) is 34.2. The van der Waals surface area contributed by atoms with Gasteiger partial charge in [-0.3, -0.25) is 9.59 Å². The van der Waals surface area contributed by atoms with Gasteiger partial charge in [-0.1, -0.05) is 220 Å². The van der Waals surface area contributed by atoms with E-state index in [4.69, 9.17) is 9.47 Å². The van der Waals surface area contributed by atoms with Crippen molar-refractivity contribution < 1.29 is 19.1 Å². The number of unbranched alkanes of at least 4 members (excludes halogenated alkanes) is 30. The molecule has 2 atom stereocenters. The smallest absolute Gasteiger partial charge is 0.319 e. The van der Waals surface area contributed by atoms with Crippen LogP contribution in [0.1, 0.15) is 246 Å². The normalized spacial score (nSPS) is 12.7. The summed E-state index contributed by atoms with van der Waals surface area (Å²) in [7, 11) is 0. The minimum absolute atomic E-state index is 0.169. The van der Waals surface area contributed by atoms with E-state index in [0.29, 0.717) is 26.1 Å². The number of thioether (sulfide) groups is 1. The first-order valence-corrected chi connectivity index (χ1v) is 23.0. The van der Waals surface area contributed by atoms with Gasteiger partial charge in [0.1, 0.15) is 10.5 Å². The number of hydrogen-bond donors (Lipinski definition) is 0. The van der Waals surface area contributed by atoms with Crippen LogP contribution >= 0.6 is 11.8 Å². The fourth-order valence-corrected chi connectivity index (χ4v) is 7.81. The Balaban J connectivity index is 3.70. The van der Waals surface area contributed by atoms with Gasteiger partial charge in [-0.05, 0) is 25.7 Å². The van der Waals surface area contributed by atoms with Gasteiger partial charge in [0.05, 0.1) is 13.2 Å². The minimum Gasteiger partial charge on any atom is -0.465 e. The van der Waals surface area contributed by atoms with E-state index < -0.39 is 0 Å². The summed E-state index contributed by atoms with van der Waals surface area (Å²) in [4.78, 5) is 25.5. The van der Waals surface area contributed by atoms with Crippen LogP contribution in [-0.4, -0.2) is 35.7 Å². The average Bonchev–Trinajstić information content (AvgIpc) is 3.11. The van der Waals surface area contributed by atoms with E-state index in [2.05, 4.69) is 13.8 Å². The molecule has 0 saturated carbocycles. The molecule has 292 valence electrons. The molecule has 0 fully saturated rings. The number of esters is 2. The quantitative estimate of drug-likeness (QED) is 0.0468. The molecule has 4 nitrogen and oxygen atoms in total. The number of ether oxygens (including phenoxy) is 2. The second-order valence-corrected chi connectivity index (χ2v) is 16.3. The van der Waals surface area contributed by atoms with Gasteiger partial charge in [-0.15, -0.1) is 11.8 Å². The van der Waals surface area contributed by atoms with Gasteiger partial charge in [0.25, 0.3) is 0 Å². The van der Waals surface area contributed by atoms with Crippen LogP contribution in [0.25, 0.3) is 0 Å². The second kappa shape index (κ2) is 40.1. The van der Waals surface area contributed by atoms with Crippen molar-refractivity contribution in [2.45, 2.75) is 257 Å². The summed E-state index contributed by atoms with van der Waals surface area (Å²) >= 11 is 1.44. The van der Waals surface area contributed by atoms with E-state index >= 15 is 0 Å². The van der Waals surface area contributed by atoms with Crippen LogP contribution < -0.4 is 0 Å². The van der Waals surface area contributed by atoms with Gasteiger partial charge in [0.2, 0.25) is 0 Å². The maximum atomic E-state index is 12.7. The molecular formula is C44H86O4S. The van der Waals surface area contributed by atoms with Gasteiger partial charge >= 0.3 is 11.9 Å². The highest BCUT2D eigenvalue weighted by Crippen LogP contribution is 2.26. The molecule has 0 bridgehead atoms. The van der Waals surface area contributed by atoms with E-state index in [1.54, 1.807) is 0 Å². The molecule has 0 heterocycles. The van der Waals surface area contributed by atoms with Crippen molar-refractivity contribution in [2.75, 3.05) is 13.2 Å². The van der Waals surface area contributed by atoms with Gasteiger partial charge in [-0.2, -0.15) is 0 Å². The lowest BCUT2D eigenvalue weighted by molar-refractivity contribution is -0.143. The molecule has 0 rings (SSSR count). The summed E-state index contributed by atoms with van der Waals surface area (Å²) in [5.41, 5.74) is 0. The zero-order chi connectivity index (χ0) is 35.9. The first-order valence-electron chi connectivity index (χ1n) is 22.1. The van der Waals surface area contributed by atoms with Gasteiger partial charge in [0.15, 0.2) is 0 Å². The summed E-state index contributed by atoms with van der Waals surface area (Å²) in [5, 5.41) is -0.594. The number of carbonyl (C=O) groups is 2. The van der Waals surface area contributed by atoms with Crippen LogP contribution in [0.15, 0.2) is 0 Å². The maximum Gasteiger partial charge on any atom is 0.319 e. The van der Waals surface area contributed by atoms with Crippen molar-refractivity contribution in [2.24, 2.45) is 0 Å². The molecule has 49 heavy (non-hydrogen) atoms. The standard InChI is InChI=1S/C44H86O4S/c1-5-9-11-13-15-17-19-21-23-25-27-29-31-33-35-37-39-47-43(45)41(7-3)49-42(8-4)44(46)48-40-38-36-34-32-30-28-26-24-22-20-18-16-14-12-10-6-2/h41-42H,5-40H2,1-4H3. The third-order valence-corrected chi connectivity index (χ3v) is 11.8. The maximum absolute atomic E-state index is 12.7. The molecule has 0 aromatic rings. The van der Waals surface area contributed by atoms with Gasteiger partial charge in [0, 0.05) is 0 Å². The van der Waals surface area contributed by atoms with E-state index in [1.165, 1.54) is 192 Å². The lowest BCUT2D eigenvalue weighted by atomic mass is 10.0. The molecule has 0 aromatic carbocycles. The molecule has 2 unspecified atom stereocenters. The molecule has 0 aliphatic heterocycles. The Kier molecular flexibility index (Phi) is 39.5. The fourth-order valence-electron chi connectivity index (χ4n) is 6.67. The Labute approximate surface area is 311 Å². The van der Waals surface area contributed by atoms with Crippen molar-refractivity contribution in [3.63, 3.8) is 0 Å². The molecule has 0 saturated heterocycles. The van der Waals surface area contributed by atoms with E-state index in [1.807, 2.05) is 13.8 Å². The Hall–Kier alpha value is -0.710. The lowest BCUT2D eigenvalue weighted by Crippen LogP contribution is -2.28. The Morgan fingerprint density at radius 2 is 0.551 bits per heavy atom. The SMILES string of the molecule is CCCCCCCCCCCCCCCCCCOC(=O)C(CC)SC(CC)C(=O)OCCCCCCCCCCCCCCCCCC. The van der Waals surface area contributed by atoms with Crippen LogP contribution in [0.4, 0.5) is 0 Å². The monoisotopic (exact) mass is 711 g/mol. The summed E-state index contributed by atoms with van der Waals surface area (Å²) in [6.07, 6.45) is 44.0. The molecule has 0 spiro atoms. The largest absolute Gasteiger partial charge is 0.465 e. The molecule has 5 heteroatoms. The van der Waals surface area contributed by atoms with Crippen LogP contribution in [0.5, 0.6) is 0 Å². The highest BCUT2D eigenvalue weighted by molar-refractivity contribution is 8.01. The van der Waals surface area contributed by atoms with Crippen LogP contribution in [-0.2, 0) is 19.1 Å². The van der Waals surface area contributed by atoms with Crippen LogP contribution in [0, 0.1) is 0 Å². The topological polar surface area (TPSA) is 52.6 Å². The van der Waals surface area contributed by atoms with E-state index in [0.717, 1.165) is 25.7 Å². The zero-order valence-corrected chi connectivity index (χ0v) is 34.5. The van der Waals surface area contributed by atoms with Crippen molar-refractivity contribution >= 4 is 23.7 Å². The molecular weight excluding hydrogens is 625 g/mol. The minimum atomic E-state index is -0.297. The number of rotatable bonds is 40. The summed E-state index contributed by atoms with van der Waals surface area (Å²) in [6.45, 7) is 9.56. The van der Waals surface area contributed by atoms with Crippen molar-refractivity contribution in [1.82, 2.24) is 0 Å². The third-order valence-electron chi connectivity index (χ3n) is 10.1. The van der Waals surface area contributed by atoms with E-state index in [-0.39, 0.29) is 22.4 Å². The van der Waals surface area contributed by atoms with E-state index in [9.17, 15) is 9.59 Å². The second-order valence-electron chi connectivity index (χ2n) is 14.9. The summed E-state index contributed by atoms with van der Waals surface area (Å²) in [6, 6.07) is 0. The first-order chi connectivity index (χ1) is 24.1. The summed E-state index contributed by atoms with van der Waals surface area (Å²) < 4.78 is 11.2. The van der Waals surface area contributed by atoms with Crippen LogP contribution in [0.3, 0.4) is 0 Å². The average molecular weight is 711 g/mol. The number of carbonyl (C=O) groups excluding carboxylic acids is 2. The predicted octanol–water partition coefficient (Wildman–Crippen LogP) is 14.9. The van der Waals surface area contributed by atoms with Crippen LogP contribution in [0.2, 0.25) is 0 Å². The molecule has 0 amide bonds. The molecule has 0 radical (unpaired) electrons. The van der Waals surface area contributed by atoms with Crippen molar-refractivity contribution in [3.8, 4) is 0 Å². The Morgan fingerprint density at radius 1 is 0.347 bits per heavy atom. The molecule has 0 N–H and O–H groups in total. The fraction of sp³-hybridized carbons (Fsp3) is 0.955. The predicted molar refractivity (Wildman–Crippen MR) is 217 cm³/mol. The first kappa shape index (κ1) is 48.3. The molecule has 0 aliphatic rings. The lowest BCUT2D eigenvalue weighted by Gasteiger charge is -2.19. The van der Waals surface area contributed by atoms with Gasteiger partial charge < -0.3 is 9.47 Å². The molecule has 0 aliphatic carbocycles. The highest BCUT2D eigenvalue weighted by Gasteiger charge is 2.27. The van der Waals surface area contributed by atoms with Gasteiger partial charge in [-0.25, -0.2) is 0 Å². The highest BCUT2D eigenvalue weighted by atomic mass is 32.2. The summed E-state index contributed by atoms with van der Waals surface area (Å²) in [5.74, 6) is -0.338. The zero-order valence-electron chi connectivity index (χ0n) is 33.7. The number of hydrogen-bond acceptors (Lipinski definition) is 5. The Bertz CT molecular complexity index is 628.